The van der Waals surface area contributed by atoms with Gasteiger partial charge < -0.3 is 9.47 Å². The summed E-state index contributed by atoms with van der Waals surface area (Å²) >= 11 is -0.0493. The first-order chi connectivity index (χ1) is 12.4. The first-order valence-corrected chi connectivity index (χ1v) is 10.1. The molecule has 1 aliphatic carbocycles. The van der Waals surface area contributed by atoms with Crippen molar-refractivity contribution in [3.8, 4) is 11.5 Å². The van der Waals surface area contributed by atoms with E-state index in [4.69, 9.17) is 9.47 Å². The van der Waals surface area contributed by atoms with Gasteiger partial charge >= 0.3 is 5.51 Å². The number of rotatable bonds is 6. The van der Waals surface area contributed by atoms with Crippen LogP contribution in [-0.2, 0) is 5.75 Å². The quantitative estimate of drug-likeness (QED) is 0.668. The molecule has 0 bridgehead atoms. The molecule has 2 atom stereocenters. The fourth-order valence-electron chi connectivity index (χ4n) is 4.36. The minimum atomic E-state index is -4.26. The fourth-order valence-corrected chi connectivity index (χ4v) is 4.91. The van der Waals surface area contributed by atoms with Crippen molar-refractivity contribution in [2.75, 3.05) is 27.3 Å². The van der Waals surface area contributed by atoms with Crippen LogP contribution in [0.25, 0.3) is 0 Å². The highest BCUT2D eigenvalue weighted by molar-refractivity contribution is 7.99. The number of halogens is 3. The number of ether oxygens (including phenoxy) is 2. The van der Waals surface area contributed by atoms with Gasteiger partial charge in [-0.15, -0.1) is 0 Å². The predicted molar refractivity (Wildman–Crippen MR) is 98.1 cm³/mol. The molecule has 0 radical (unpaired) electrons. The molecule has 26 heavy (non-hydrogen) atoms. The van der Waals surface area contributed by atoms with Crippen LogP contribution >= 0.6 is 11.8 Å². The third-order valence-corrected chi connectivity index (χ3v) is 6.30. The first kappa shape index (κ1) is 19.7. The van der Waals surface area contributed by atoms with Crippen LogP contribution in [0.15, 0.2) is 12.1 Å². The number of hydrogen-bond donors (Lipinski definition) is 0. The monoisotopic (exact) mass is 389 g/mol. The van der Waals surface area contributed by atoms with E-state index < -0.39 is 5.51 Å². The predicted octanol–water partition coefficient (Wildman–Crippen LogP) is 5.19. The third-order valence-electron chi connectivity index (χ3n) is 5.51. The Bertz CT molecular complexity index is 618. The van der Waals surface area contributed by atoms with Crippen molar-refractivity contribution in [1.82, 2.24) is 4.90 Å². The Balaban J connectivity index is 1.88. The van der Waals surface area contributed by atoms with Gasteiger partial charge in [0.1, 0.15) is 11.5 Å². The molecule has 7 heteroatoms. The number of thioether (sulfide) groups is 1. The van der Waals surface area contributed by atoms with Gasteiger partial charge in [-0.25, -0.2) is 0 Å². The van der Waals surface area contributed by atoms with Gasteiger partial charge in [0, 0.05) is 28.8 Å². The van der Waals surface area contributed by atoms with Gasteiger partial charge in [-0.3, -0.25) is 4.90 Å². The maximum atomic E-state index is 12.6. The van der Waals surface area contributed by atoms with E-state index in [-0.39, 0.29) is 17.5 Å². The molecular formula is C19H26F3NO2S. The van der Waals surface area contributed by atoms with Crippen LogP contribution in [0.1, 0.15) is 49.1 Å². The second-order valence-corrected chi connectivity index (χ2v) is 8.03. The average molecular weight is 389 g/mol. The lowest BCUT2D eigenvalue weighted by molar-refractivity contribution is -0.0329. The normalized spacial score (nSPS) is 24.2. The summed E-state index contributed by atoms with van der Waals surface area (Å²) < 4.78 is 48.8. The summed E-state index contributed by atoms with van der Waals surface area (Å²) in [6.45, 7) is 2.28. The van der Waals surface area contributed by atoms with Crippen molar-refractivity contribution in [2.24, 2.45) is 0 Å². The Hall–Kier alpha value is -1.08. The molecule has 1 heterocycles. The Kier molecular flexibility index (Phi) is 6.28. The molecule has 1 aromatic rings. The van der Waals surface area contributed by atoms with E-state index in [1.165, 1.54) is 32.8 Å². The smallest absolute Gasteiger partial charge is 0.442 e. The summed E-state index contributed by atoms with van der Waals surface area (Å²) in [5.41, 5.74) is -2.67. The Labute approximate surface area is 157 Å². The number of nitrogens with zero attached hydrogens (tertiary/aromatic N) is 1. The number of benzene rings is 1. The summed E-state index contributed by atoms with van der Waals surface area (Å²) in [4.78, 5) is 2.57. The van der Waals surface area contributed by atoms with Gasteiger partial charge in [-0.2, -0.15) is 13.2 Å². The molecule has 146 valence electrons. The average Bonchev–Trinajstić information content (AvgIpc) is 3.29. The van der Waals surface area contributed by atoms with Gasteiger partial charge in [0.25, 0.3) is 0 Å². The lowest BCUT2D eigenvalue weighted by Crippen LogP contribution is -2.34. The summed E-state index contributed by atoms with van der Waals surface area (Å²) in [6, 6.07) is 4.13. The second kappa shape index (κ2) is 8.30. The van der Waals surface area contributed by atoms with Gasteiger partial charge in [0.15, 0.2) is 0 Å². The van der Waals surface area contributed by atoms with E-state index in [0.29, 0.717) is 29.0 Å². The van der Waals surface area contributed by atoms with Crippen molar-refractivity contribution < 1.29 is 22.6 Å². The lowest BCUT2D eigenvalue weighted by Gasteiger charge is -2.30. The van der Waals surface area contributed by atoms with E-state index in [2.05, 4.69) is 4.90 Å². The standard InChI is InChI=1S/C19H26F3NO2S/c1-24-17-11-15(14-6-5-7-16(14)23-8-3-4-9-23)18(25-2)10-13(17)12-26-19(20,21)22/h10-11,14,16H,3-9,12H2,1-2H3. The van der Waals surface area contributed by atoms with Crippen LogP contribution in [-0.4, -0.2) is 43.8 Å². The highest BCUT2D eigenvalue weighted by Gasteiger charge is 2.36. The Morgan fingerprint density at radius 1 is 1.04 bits per heavy atom. The number of alkyl halides is 3. The van der Waals surface area contributed by atoms with E-state index in [9.17, 15) is 13.2 Å². The maximum absolute atomic E-state index is 12.6. The number of methoxy groups -OCH3 is 2. The van der Waals surface area contributed by atoms with Crippen LogP contribution in [0.3, 0.4) is 0 Å². The first-order valence-electron chi connectivity index (χ1n) is 9.12. The molecule has 3 nitrogen and oxygen atoms in total. The molecule has 3 rings (SSSR count). The Morgan fingerprint density at radius 2 is 1.73 bits per heavy atom. The summed E-state index contributed by atoms with van der Waals surface area (Å²) in [5, 5.41) is 0. The minimum absolute atomic E-state index is 0.0493. The van der Waals surface area contributed by atoms with Crippen LogP contribution in [0, 0.1) is 0 Å². The molecule has 0 aromatic heterocycles. The van der Waals surface area contributed by atoms with Gasteiger partial charge in [0.2, 0.25) is 0 Å². The van der Waals surface area contributed by atoms with E-state index in [1.807, 2.05) is 6.07 Å². The lowest BCUT2D eigenvalue weighted by atomic mass is 9.91. The summed E-state index contributed by atoms with van der Waals surface area (Å²) in [5.74, 6) is 1.37. The molecule has 2 aliphatic rings. The largest absolute Gasteiger partial charge is 0.496 e. The topological polar surface area (TPSA) is 21.7 Å². The van der Waals surface area contributed by atoms with Crippen LogP contribution in [0.4, 0.5) is 13.2 Å². The van der Waals surface area contributed by atoms with Gasteiger partial charge in [-0.1, -0.05) is 6.42 Å². The molecule has 2 fully saturated rings. The fraction of sp³-hybridized carbons (Fsp3) is 0.684. The van der Waals surface area contributed by atoms with E-state index in [0.717, 1.165) is 25.1 Å². The highest BCUT2D eigenvalue weighted by Crippen LogP contribution is 2.45. The second-order valence-electron chi connectivity index (χ2n) is 6.99. The molecule has 1 saturated heterocycles. The van der Waals surface area contributed by atoms with Gasteiger partial charge in [-0.05, 0) is 62.7 Å². The minimum Gasteiger partial charge on any atom is -0.496 e. The van der Waals surface area contributed by atoms with Crippen LogP contribution < -0.4 is 9.47 Å². The zero-order chi connectivity index (χ0) is 18.7. The highest BCUT2D eigenvalue weighted by atomic mass is 32.2. The van der Waals surface area contributed by atoms with E-state index in [1.54, 1.807) is 13.2 Å². The summed E-state index contributed by atoms with van der Waals surface area (Å²) in [7, 11) is 3.10. The van der Waals surface area contributed by atoms with Crippen molar-refractivity contribution in [2.45, 2.75) is 55.3 Å². The molecule has 0 spiro atoms. The maximum Gasteiger partial charge on any atom is 0.442 e. The third kappa shape index (κ3) is 4.42. The van der Waals surface area contributed by atoms with Crippen molar-refractivity contribution >= 4 is 11.8 Å². The zero-order valence-electron chi connectivity index (χ0n) is 15.3. The Morgan fingerprint density at radius 3 is 2.35 bits per heavy atom. The summed E-state index contributed by atoms with van der Waals surface area (Å²) in [6.07, 6.45) is 5.91. The zero-order valence-corrected chi connectivity index (χ0v) is 16.1. The molecular weight excluding hydrogens is 363 g/mol. The van der Waals surface area contributed by atoms with Crippen LogP contribution in [0.2, 0.25) is 0 Å². The molecule has 0 N–H and O–H groups in total. The molecule has 2 unspecified atom stereocenters. The molecule has 0 amide bonds. The SMILES string of the molecule is COc1cc(C2CCCC2N2CCCC2)c(OC)cc1CSC(F)(F)F. The number of hydrogen-bond acceptors (Lipinski definition) is 4. The van der Waals surface area contributed by atoms with Crippen molar-refractivity contribution in [1.29, 1.82) is 0 Å². The number of likely N-dealkylation sites (tertiary alicyclic amines) is 1. The van der Waals surface area contributed by atoms with Crippen LogP contribution in [0.5, 0.6) is 11.5 Å². The molecule has 1 aromatic carbocycles. The van der Waals surface area contributed by atoms with Gasteiger partial charge in [0.05, 0.1) is 14.2 Å². The van der Waals surface area contributed by atoms with Crippen molar-refractivity contribution in [3.63, 3.8) is 0 Å². The molecule has 1 aliphatic heterocycles. The van der Waals surface area contributed by atoms with Crippen molar-refractivity contribution in [3.05, 3.63) is 23.3 Å². The molecule has 1 saturated carbocycles. The van der Waals surface area contributed by atoms with E-state index >= 15 is 0 Å².